The molecule has 0 unspecified atom stereocenters. The molecule has 6 heteroatoms. The van der Waals surface area contributed by atoms with Gasteiger partial charge in [-0.1, -0.05) is 33.4 Å². The van der Waals surface area contributed by atoms with Crippen molar-refractivity contribution in [1.29, 1.82) is 0 Å². The number of methoxy groups -OCH3 is 1. The second-order valence-corrected chi connectivity index (χ2v) is 7.69. The van der Waals surface area contributed by atoms with E-state index in [-0.39, 0.29) is 0 Å². The Hall–Kier alpha value is -2.60. The molecule has 0 saturated carbocycles. The lowest BCUT2D eigenvalue weighted by atomic mass is 9.91. The zero-order valence-corrected chi connectivity index (χ0v) is 16.7. The first kappa shape index (κ1) is 20.7. The smallest absolute Gasteiger partial charge is 0.238 e. The second-order valence-electron chi connectivity index (χ2n) is 7.69. The highest BCUT2D eigenvalue weighted by Crippen LogP contribution is 2.31. The molecule has 3 N–H and O–H groups in total. The van der Waals surface area contributed by atoms with Crippen molar-refractivity contribution in [3.63, 3.8) is 0 Å². The third-order valence-electron chi connectivity index (χ3n) is 4.01. The number of rotatable bonds is 9. The largest absolute Gasteiger partial charge is 0.493 e. The maximum atomic E-state index is 5.78. The average molecular weight is 370 g/mol. The lowest BCUT2D eigenvalue weighted by molar-refractivity contribution is 0.360. The average Bonchev–Trinajstić information content (AvgIpc) is 2.62. The van der Waals surface area contributed by atoms with Crippen LogP contribution < -0.4 is 20.5 Å². The fourth-order valence-electron chi connectivity index (χ4n) is 2.53. The third-order valence-corrected chi connectivity index (χ3v) is 4.01. The zero-order valence-electron chi connectivity index (χ0n) is 16.7. The van der Waals surface area contributed by atoms with Crippen molar-refractivity contribution in [1.82, 2.24) is 15.3 Å². The summed E-state index contributed by atoms with van der Waals surface area (Å²) in [7, 11) is 1.62. The van der Waals surface area contributed by atoms with E-state index in [9.17, 15) is 0 Å². The topological polar surface area (TPSA) is 82.3 Å². The molecule has 1 heterocycles. The van der Waals surface area contributed by atoms with E-state index < -0.39 is 0 Å². The van der Waals surface area contributed by atoms with Crippen molar-refractivity contribution >= 4 is 5.70 Å². The van der Waals surface area contributed by atoms with Gasteiger partial charge in [0.15, 0.2) is 11.5 Å². The highest BCUT2D eigenvalue weighted by Gasteiger charge is 2.10. The Balaban J connectivity index is 1.94. The van der Waals surface area contributed by atoms with Crippen LogP contribution in [0.3, 0.4) is 0 Å². The highest BCUT2D eigenvalue weighted by atomic mass is 16.5. The molecule has 0 aliphatic heterocycles. The highest BCUT2D eigenvalue weighted by molar-refractivity contribution is 5.55. The molecule has 1 aromatic heterocycles. The molecule has 6 nitrogen and oxygen atoms in total. The van der Waals surface area contributed by atoms with E-state index >= 15 is 0 Å². The van der Waals surface area contributed by atoms with Gasteiger partial charge in [0.25, 0.3) is 0 Å². The number of ether oxygens (including phenoxy) is 2. The molecule has 0 spiro atoms. The molecule has 0 fully saturated rings. The summed E-state index contributed by atoms with van der Waals surface area (Å²) in [4.78, 5) is 8.35. The van der Waals surface area contributed by atoms with Gasteiger partial charge in [-0.05, 0) is 42.5 Å². The van der Waals surface area contributed by atoms with Crippen LogP contribution in [0.15, 0.2) is 37.2 Å². The standard InChI is InChI=1S/C21H30N4O2/c1-15(22)17-13-25-20(14-24-17)27-18-8-7-16(11-19(18)26-5)12-23-10-6-9-21(2,3)4/h7-8,11,13-14,23H,1,6,9-10,12,22H2,2-5H3. The van der Waals surface area contributed by atoms with Gasteiger partial charge in [0, 0.05) is 6.54 Å². The van der Waals surface area contributed by atoms with Crippen LogP contribution in [-0.4, -0.2) is 23.6 Å². The minimum Gasteiger partial charge on any atom is -0.493 e. The Labute approximate surface area is 161 Å². The summed E-state index contributed by atoms with van der Waals surface area (Å²) in [5.74, 6) is 1.60. The van der Waals surface area contributed by atoms with Crippen molar-refractivity contribution in [3.05, 3.63) is 48.4 Å². The van der Waals surface area contributed by atoms with Crippen LogP contribution in [0, 0.1) is 5.41 Å². The first-order valence-electron chi connectivity index (χ1n) is 9.11. The minimum atomic E-state index is 0.367. The van der Waals surface area contributed by atoms with E-state index in [1.54, 1.807) is 7.11 Å². The fourth-order valence-corrected chi connectivity index (χ4v) is 2.53. The molecule has 27 heavy (non-hydrogen) atoms. The number of hydrogen-bond acceptors (Lipinski definition) is 6. The van der Waals surface area contributed by atoms with E-state index in [2.05, 4.69) is 42.6 Å². The summed E-state index contributed by atoms with van der Waals surface area (Å²) in [5, 5.41) is 3.47. The van der Waals surface area contributed by atoms with Crippen molar-refractivity contribution in [2.45, 2.75) is 40.2 Å². The van der Waals surface area contributed by atoms with Crippen LogP contribution in [0.4, 0.5) is 0 Å². The number of aromatic nitrogens is 2. The summed E-state index contributed by atoms with van der Waals surface area (Å²) in [5.41, 5.74) is 8.00. The zero-order chi connectivity index (χ0) is 19.9. The van der Waals surface area contributed by atoms with Crippen LogP contribution in [-0.2, 0) is 6.54 Å². The number of nitrogens with zero attached hydrogens (tertiary/aromatic N) is 2. The van der Waals surface area contributed by atoms with E-state index in [1.807, 2.05) is 18.2 Å². The van der Waals surface area contributed by atoms with Crippen molar-refractivity contribution in [3.8, 4) is 17.4 Å². The number of hydrogen-bond donors (Lipinski definition) is 2. The molecular weight excluding hydrogens is 340 g/mol. The predicted octanol–water partition coefficient (Wildman–Crippen LogP) is 4.12. The van der Waals surface area contributed by atoms with Gasteiger partial charge < -0.3 is 20.5 Å². The van der Waals surface area contributed by atoms with Gasteiger partial charge in [0.1, 0.15) is 5.69 Å². The van der Waals surface area contributed by atoms with Crippen molar-refractivity contribution in [2.24, 2.45) is 11.1 Å². The predicted molar refractivity (Wildman–Crippen MR) is 109 cm³/mol. The molecule has 0 aliphatic rings. The molecule has 0 atom stereocenters. The normalized spacial score (nSPS) is 11.3. The Morgan fingerprint density at radius 3 is 2.56 bits per heavy atom. The van der Waals surface area contributed by atoms with Crippen LogP contribution in [0.2, 0.25) is 0 Å². The minimum absolute atomic E-state index is 0.367. The van der Waals surface area contributed by atoms with E-state index in [1.165, 1.54) is 18.8 Å². The maximum absolute atomic E-state index is 5.78. The van der Waals surface area contributed by atoms with Gasteiger partial charge in [0.2, 0.25) is 5.88 Å². The molecule has 0 amide bonds. The first-order valence-corrected chi connectivity index (χ1v) is 9.11. The molecule has 146 valence electrons. The summed E-state index contributed by atoms with van der Waals surface area (Å²) in [6, 6.07) is 5.86. The molecular formula is C21H30N4O2. The number of benzene rings is 1. The van der Waals surface area contributed by atoms with Crippen LogP contribution in [0.25, 0.3) is 5.70 Å². The quantitative estimate of drug-likeness (QED) is 0.646. The van der Waals surface area contributed by atoms with Gasteiger partial charge in [-0.3, -0.25) is 0 Å². The van der Waals surface area contributed by atoms with Crippen LogP contribution in [0.1, 0.15) is 44.9 Å². The lowest BCUT2D eigenvalue weighted by Gasteiger charge is -2.17. The van der Waals surface area contributed by atoms with Crippen LogP contribution in [0.5, 0.6) is 17.4 Å². The van der Waals surface area contributed by atoms with Crippen LogP contribution >= 0.6 is 0 Å². The Morgan fingerprint density at radius 1 is 1.19 bits per heavy atom. The first-order chi connectivity index (χ1) is 12.8. The molecule has 0 aliphatic carbocycles. The summed E-state index contributed by atoms with van der Waals surface area (Å²) in [6.45, 7) is 12.2. The molecule has 0 saturated heterocycles. The van der Waals surface area contributed by atoms with Gasteiger partial charge in [-0.15, -0.1) is 0 Å². The Morgan fingerprint density at radius 2 is 1.96 bits per heavy atom. The SMILES string of the molecule is C=C(N)c1cnc(Oc2ccc(CNCCCC(C)(C)C)cc2OC)cn1. The summed E-state index contributed by atoms with van der Waals surface area (Å²) >= 11 is 0. The van der Waals surface area contributed by atoms with Gasteiger partial charge >= 0.3 is 0 Å². The Kier molecular flexibility index (Phi) is 7.19. The third kappa shape index (κ3) is 6.90. The fraction of sp³-hybridized carbons (Fsp3) is 0.429. The number of nitrogens with one attached hydrogen (secondary N) is 1. The number of nitrogens with two attached hydrogens (primary N) is 1. The lowest BCUT2D eigenvalue weighted by Crippen LogP contribution is -2.17. The maximum Gasteiger partial charge on any atom is 0.238 e. The monoisotopic (exact) mass is 370 g/mol. The summed E-state index contributed by atoms with van der Waals surface area (Å²) < 4.78 is 11.2. The molecule has 0 bridgehead atoms. The van der Waals surface area contributed by atoms with Gasteiger partial charge in [-0.2, -0.15) is 0 Å². The van der Waals surface area contributed by atoms with Crippen molar-refractivity contribution in [2.75, 3.05) is 13.7 Å². The van der Waals surface area contributed by atoms with Gasteiger partial charge in [0.05, 0.1) is 25.2 Å². The van der Waals surface area contributed by atoms with E-state index in [0.717, 1.165) is 25.1 Å². The van der Waals surface area contributed by atoms with E-state index in [0.29, 0.717) is 34.2 Å². The Bertz CT molecular complexity index is 752. The second kappa shape index (κ2) is 9.37. The molecule has 2 rings (SSSR count). The summed E-state index contributed by atoms with van der Waals surface area (Å²) in [6.07, 6.45) is 5.40. The van der Waals surface area contributed by atoms with E-state index in [4.69, 9.17) is 15.2 Å². The molecule has 1 aromatic carbocycles. The molecule has 0 radical (unpaired) electrons. The van der Waals surface area contributed by atoms with Crippen molar-refractivity contribution < 1.29 is 9.47 Å². The molecule has 2 aromatic rings. The van der Waals surface area contributed by atoms with Gasteiger partial charge in [-0.25, -0.2) is 9.97 Å².